The van der Waals surface area contributed by atoms with Gasteiger partial charge >= 0.3 is 0 Å². The molecular formula is C14H27ClN2. The van der Waals surface area contributed by atoms with Crippen molar-refractivity contribution in [1.29, 1.82) is 0 Å². The van der Waals surface area contributed by atoms with Crippen LogP contribution in [0.1, 0.15) is 51.4 Å². The van der Waals surface area contributed by atoms with Crippen molar-refractivity contribution >= 4 is 11.6 Å². The summed E-state index contributed by atoms with van der Waals surface area (Å²) in [5, 5.41) is 4.05. The number of halogens is 1. The summed E-state index contributed by atoms with van der Waals surface area (Å²) in [5.74, 6) is 0. The highest BCUT2D eigenvalue weighted by molar-refractivity contribution is 6.21. The number of rotatable bonds is 4. The van der Waals surface area contributed by atoms with Gasteiger partial charge in [0, 0.05) is 17.5 Å². The van der Waals surface area contributed by atoms with Gasteiger partial charge in [-0.3, -0.25) is 0 Å². The third kappa shape index (κ3) is 4.11. The highest BCUT2D eigenvalue weighted by Crippen LogP contribution is 2.23. The maximum Gasteiger partial charge on any atom is 0.0489 e. The third-order valence-corrected chi connectivity index (χ3v) is 5.01. The molecule has 2 rings (SSSR count). The van der Waals surface area contributed by atoms with Crippen molar-refractivity contribution in [2.24, 2.45) is 0 Å². The fourth-order valence-corrected chi connectivity index (χ4v) is 3.63. The van der Waals surface area contributed by atoms with Gasteiger partial charge in [0.05, 0.1) is 0 Å². The molecule has 0 bridgehead atoms. The molecule has 3 unspecified atom stereocenters. The number of piperidine rings is 1. The van der Waals surface area contributed by atoms with E-state index in [1.54, 1.807) is 0 Å². The Balaban J connectivity index is 1.64. The second-order valence-corrected chi connectivity index (χ2v) is 6.34. The molecule has 2 aliphatic rings. The fraction of sp³-hybridized carbons (Fsp3) is 1.00. The lowest BCUT2D eigenvalue weighted by Gasteiger charge is -2.34. The van der Waals surface area contributed by atoms with Crippen LogP contribution in [0.2, 0.25) is 0 Å². The van der Waals surface area contributed by atoms with Crippen molar-refractivity contribution in [2.45, 2.75) is 68.8 Å². The number of hydrogen-bond acceptors (Lipinski definition) is 2. The Kier molecular flexibility index (Phi) is 5.58. The van der Waals surface area contributed by atoms with Gasteiger partial charge in [-0.05, 0) is 52.2 Å². The minimum absolute atomic E-state index is 0.368. The molecule has 3 heteroatoms. The molecule has 1 aliphatic heterocycles. The summed E-state index contributed by atoms with van der Waals surface area (Å²) < 4.78 is 0. The minimum atomic E-state index is 0.368. The molecule has 17 heavy (non-hydrogen) atoms. The summed E-state index contributed by atoms with van der Waals surface area (Å²) in [6.45, 7) is 2.43. The van der Waals surface area contributed by atoms with Crippen molar-refractivity contribution in [3.05, 3.63) is 0 Å². The molecule has 0 aromatic rings. The van der Waals surface area contributed by atoms with E-state index in [4.69, 9.17) is 11.6 Å². The topological polar surface area (TPSA) is 15.3 Å². The van der Waals surface area contributed by atoms with Gasteiger partial charge in [0.1, 0.15) is 0 Å². The molecular weight excluding hydrogens is 232 g/mol. The Morgan fingerprint density at radius 2 is 1.88 bits per heavy atom. The van der Waals surface area contributed by atoms with Crippen LogP contribution < -0.4 is 5.32 Å². The van der Waals surface area contributed by atoms with E-state index in [-0.39, 0.29) is 0 Å². The molecule has 1 N–H and O–H groups in total. The van der Waals surface area contributed by atoms with Crippen LogP contribution in [0.25, 0.3) is 0 Å². The monoisotopic (exact) mass is 258 g/mol. The van der Waals surface area contributed by atoms with E-state index in [1.165, 1.54) is 57.9 Å². The van der Waals surface area contributed by atoms with Crippen molar-refractivity contribution in [2.75, 3.05) is 20.1 Å². The van der Waals surface area contributed by atoms with Crippen LogP contribution in [0.4, 0.5) is 0 Å². The van der Waals surface area contributed by atoms with E-state index < -0.39 is 0 Å². The SMILES string of the molecule is CN1CCCCC1CCNC1CCCCC1Cl. The predicted octanol–water partition coefficient (Wildman–Crippen LogP) is 3.00. The number of hydrogen-bond donors (Lipinski definition) is 1. The minimum Gasteiger partial charge on any atom is -0.312 e. The van der Waals surface area contributed by atoms with Crippen LogP contribution in [-0.4, -0.2) is 42.5 Å². The van der Waals surface area contributed by atoms with Crippen LogP contribution >= 0.6 is 11.6 Å². The van der Waals surface area contributed by atoms with E-state index in [2.05, 4.69) is 17.3 Å². The normalized spacial score (nSPS) is 36.0. The summed E-state index contributed by atoms with van der Waals surface area (Å²) in [4.78, 5) is 2.53. The summed E-state index contributed by atoms with van der Waals surface area (Å²) in [5.41, 5.74) is 0. The zero-order chi connectivity index (χ0) is 12.1. The predicted molar refractivity (Wildman–Crippen MR) is 74.8 cm³/mol. The molecule has 1 saturated heterocycles. The number of nitrogens with zero attached hydrogens (tertiary/aromatic N) is 1. The van der Waals surface area contributed by atoms with Gasteiger partial charge in [-0.25, -0.2) is 0 Å². The fourth-order valence-electron chi connectivity index (χ4n) is 3.26. The molecule has 0 amide bonds. The third-order valence-electron chi connectivity index (χ3n) is 4.49. The lowest BCUT2D eigenvalue weighted by molar-refractivity contribution is 0.173. The molecule has 0 aromatic heterocycles. The van der Waals surface area contributed by atoms with E-state index in [9.17, 15) is 0 Å². The smallest absolute Gasteiger partial charge is 0.0489 e. The summed E-state index contributed by atoms with van der Waals surface area (Å²) >= 11 is 6.36. The molecule has 100 valence electrons. The zero-order valence-electron chi connectivity index (χ0n) is 11.1. The van der Waals surface area contributed by atoms with Gasteiger partial charge in [0.15, 0.2) is 0 Å². The van der Waals surface area contributed by atoms with Crippen LogP contribution in [0, 0.1) is 0 Å². The second-order valence-electron chi connectivity index (χ2n) is 5.78. The molecule has 0 spiro atoms. The number of nitrogens with one attached hydrogen (secondary N) is 1. The number of alkyl halides is 1. The molecule has 0 aromatic carbocycles. The molecule has 1 saturated carbocycles. The Morgan fingerprint density at radius 1 is 1.12 bits per heavy atom. The summed E-state index contributed by atoms with van der Waals surface area (Å²) in [6.07, 6.45) is 10.6. The average Bonchev–Trinajstić information content (AvgIpc) is 2.34. The standard InChI is InChI=1S/C14H27ClN2/c1-17-11-5-4-6-12(17)9-10-16-14-8-3-2-7-13(14)15/h12-14,16H,2-11H2,1H3. The highest BCUT2D eigenvalue weighted by atomic mass is 35.5. The van der Waals surface area contributed by atoms with Crippen molar-refractivity contribution in [3.8, 4) is 0 Å². The maximum atomic E-state index is 6.36. The van der Waals surface area contributed by atoms with Crippen molar-refractivity contribution in [1.82, 2.24) is 10.2 Å². The first-order valence-corrected chi connectivity index (χ1v) is 7.78. The van der Waals surface area contributed by atoms with Gasteiger partial charge in [0.25, 0.3) is 0 Å². The van der Waals surface area contributed by atoms with Crippen molar-refractivity contribution in [3.63, 3.8) is 0 Å². The quantitative estimate of drug-likeness (QED) is 0.780. The first-order chi connectivity index (χ1) is 8.27. The maximum absolute atomic E-state index is 6.36. The van der Waals surface area contributed by atoms with Gasteiger partial charge < -0.3 is 10.2 Å². The lowest BCUT2D eigenvalue weighted by atomic mass is 9.94. The lowest BCUT2D eigenvalue weighted by Crippen LogP contribution is -2.43. The zero-order valence-corrected chi connectivity index (χ0v) is 11.9. The molecule has 2 nitrogen and oxygen atoms in total. The Labute approximate surface area is 111 Å². The van der Waals surface area contributed by atoms with Gasteiger partial charge in [-0.1, -0.05) is 19.3 Å². The second kappa shape index (κ2) is 6.96. The van der Waals surface area contributed by atoms with Crippen LogP contribution in [0.3, 0.4) is 0 Å². The van der Waals surface area contributed by atoms with E-state index in [0.29, 0.717) is 11.4 Å². The summed E-state index contributed by atoms with van der Waals surface area (Å²) in [6, 6.07) is 1.37. The molecule has 3 atom stereocenters. The first-order valence-electron chi connectivity index (χ1n) is 7.35. The van der Waals surface area contributed by atoms with E-state index >= 15 is 0 Å². The van der Waals surface area contributed by atoms with Gasteiger partial charge in [-0.15, -0.1) is 11.6 Å². The Morgan fingerprint density at radius 3 is 2.65 bits per heavy atom. The van der Waals surface area contributed by atoms with Crippen LogP contribution in [0.15, 0.2) is 0 Å². The van der Waals surface area contributed by atoms with Crippen LogP contribution in [-0.2, 0) is 0 Å². The van der Waals surface area contributed by atoms with E-state index in [0.717, 1.165) is 12.6 Å². The molecule has 1 aliphatic carbocycles. The average molecular weight is 259 g/mol. The Bertz CT molecular complexity index is 200. The molecule has 0 radical (unpaired) electrons. The van der Waals surface area contributed by atoms with Crippen LogP contribution in [0.5, 0.6) is 0 Å². The van der Waals surface area contributed by atoms with E-state index in [1.807, 2.05) is 0 Å². The largest absolute Gasteiger partial charge is 0.312 e. The first kappa shape index (κ1) is 13.6. The van der Waals surface area contributed by atoms with Gasteiger partial charge in [-0.2, -0.15) is 0 Å². The number of likely N-dealkylation sites (tertiary alicyclic amines) is 1. The highest BCUT2D eigenvalue weighted by Gasteiger charge is 2.23. The summed E-state index contributed by atoms with van der Waals surface area (Å²) in [7, 11) is 2.27. The Hall–Kier alpha value is 0.210. The van der Waals surface area contributed by atoms with Crippen molar-refractivity contribution < 1.29 is 0 Å². The van der Waals surface area contributed by atoms with Gasteiger partial charge in [0.2, 0.25) is 0 Å². The molecule has 2 fully saturated rings. The molecule has 1 heterocycles.